The normalized spacial score (nSPS) is 11.1. The second-order valence-electron chi connectivity index (χ2n) is 28.6. The van der Waals surface area contributed by atoms with Crippen molar-refractivity contribution in [1.29, 1.82) is 0 Å². The van der Waals surface area contributed by atoms with Crippen molar-refractivity contribution in [3.63, 3.8) is 0 Å². The van der Waals surface area contributed by atoms with Gasteiger partial charge in [0.05, 0.1) is 0 Å². The first-order valence-electron chi connectivity index (χ1n) is 38.8. The standard InChI is InChI=1S/3C36H28OSi.O.V/c3*37-38(34-22-16-31(17-23-34)28-10-4-1-5-11-28,35-24-18-32(19-25-35)29-12-6-2-7-13-29)36-26-20-33(21-27-36)30-14-8-3-9-15-30;;/h3*1-27,37H;;/q;;;-2;+2. The Labute approximate surface area is 696 Å². The second kappa shape index (κ2) is 37.3. The van der Waals surface area contributed by atoms with Crippen LogP contribution in [0.2, 0.25) is 0 Å². The maximum absolute atomic E-state index is 12.6. The fourth-order valence-electron chi connectivity index (χ4n) is 15.3. The molecule has 18 aromatic rings. The van der Waals surface area contributed by atoms with Crippen LogP contribution in [-0.2, 0) is 24.0 Å². The molecule has 0 aliphatic carbocycles. The molecule has 18 aromatic carbocycles. The Morgan fingerprint density at radius 2 is 0.172 bits per heavy atom. The van der Waals surface area contributed by atoms with Crippen molar-refractivity contribution >= 4 is 71.6 Å². The van der Waals surface area contributed by atoms with E-state index in [1.54, 1.807) is 0 Å². The van der Waals surface area contributed by atoms with Crippen molar-refractivity contribution in [2.24, 2.45) is 0 Å². The van der Waals surface area contributed by atoms with Crippen LogP contribution < -0.4 is 46.7 Å². The van der Waals surface area contributed by atoms with Crippen LogP contribution in [0, 0.1) is 0 Å². The SMILES string of the molecule is O[Si](c1ccc(-c2ccccc2)cc1)(c1ccc(-c2ccccc2)cc1)c1ccc(-c2ccccc2)cc1.O[Si](c1ccc(-c2ccccc2)cc1)(c1ccc(-c2ccccc2)cc1)c1ccc(-c2ccccc2)cc1.O[Si](c1ccc(-c2ccccc2)cc1)(c1ccc(-c2ccccc2)cc1)c1ccc(-c2ccccc2)cc1.[O-2].[V+2]. The maximum atomic E-state index is 12.6. The van der Waals surface area contributed by atoms with Gasteiger partial charge >= 0.3 is 18.6 Å². The molecule has 0 atom stereocenters. The molecule has 0 unspecified atom stereocenters. The fourth-order valence-corrected chi connectivity index (χ4v) is 24.2. The largest absolute Gasteiger partial charge is 2.00 e. The summed E-state index contributed by atoms with van der Waals surface area (Å²) in [6.07, 6.45) is 0. The van der Waals surface area contributed by atoms with Crippen LogP contribution in [-0.4, -0.2) is 39.3 Å². The van der Waals surface area contributed by atoms with Crippen molar-refractivity contribution in [3.05, 3.63) is 491 Å². The summed E-state index contributed by atoms with van der Waals surface area (Å²) in [7, 11) is -9.75. The summed E-state index contributed by atoms with van der Waals surface area (Å²) in [5, 5.41) is 8.73. The molecule has 4 nitrogen and oxygen atoms in total. The van der Waals surface area contributed by atoms with Crippen LogP contribution in [0.1, 0.15) is 0 Å². The molecule has 0 aliphatic heterocycles. The first kappa shape index (κ1) is 79.7. The summed E-state index contributed by atoms with van der Waals surface area (Å²) in [5.74, 6) is 0. The molecular formula is C108H84O4Si3V. The predicted molar refractivity (Wildman–Crippen MR) is 488 cm³/mol. The van der Waals surface area contributed by atoms with Gasteiger partial charge in [-0.15, -0.1) is 0 Å². The molecule has 8 heteroatoms. The van der Waals surface area contributed by atoms with E-state index in [-0.39, 0.29) is 24.0 Å². The van der Waals surface area contributed by atoms with Crippen molar-refractivity contribution in [2.45, 2.75) is 0 Å². The van der Waals surface area contributed by atoms with Gasteiger partial charge in [-0.05, 0) is 147 Å². The zero-order valence-corrected chi connectivity index (χ0v) is 68.4. The minimum atomic E-state index is -3.25. The van der Waals surface area contributed by atoms with Crippen LogP contribution in [0.4, 0.5) is 0 Å². The van der Waals surface area contributed by atoms with E-state index in [1.807, 2.05) is 54.6 Å². The van der Waals surface area contributed by atoms with Gasteiger partial charge in [0.1, 0.15) is 0 Å². The first-order chi connectivity index (χ1) is 56.1. The van der Waals surface area contributed by atoms with Gasteiger partial charge in [-0.25, -0.2) is 0 Å². The molecule has 0 saturated carbocycles. The quantitative estimate of drug-likeness (QED) is 0.0591. The van der Waals surface area contributed by atoms with E-state index in [4.69, 9.17) is 0 Å². The monoisotopic (exact) mass is 1580 g/mol. The van der Waals surface area contributed by atoms with Gasteiger partial charge in [0.15, 0.2) is 0 Å². The molecule has 0 saturated heterocycles. The smallest absolute Gasteiger partial charge is 2.00 e. The molecule has 1 radical (unpaired) electrons. The average Bonchev–Trinajstić information content (AvgIpc) is 0.767. The molecular weight excluding hydrogens is 1500 g/mol. The van der Waals surface area contributed by atoms with E-state index in [0.717, 1.165) is 96.8 Å². The van der Waals surface area contributed by atoms with Gasteiger partial charge in [-0.2, -0.15) is 0 Å². The van der Waals surface area contributed by atoms with Gasteiger partial charge < -0.3 is 19.9 Å². The third-order valence-corrected chi connectivity index (χ3v) is 32.2. The minimum absolute atomic E-state index is 0. The Balaban J connectivity index is 0.000000142. The Morgan fingerprint density at radius 3 is 0.250 bits per heavy atom. The minimum Gasteiger partial charge on any atom is -2.00 e. The van der Waals surface area contributed by atoms with E-state index in [2.05, 4.69) is 437 Å². The summed E-state index contributed by atoms with van der Waals surface area (Å²) < 4.78 is 0. The van der Waals surface area contributed by atoms with E-state index >= 15 is 0 Å². The molecule has 0 bridgehead atoms. The van der Waals surface area contributed by atoms with Crippen LogP contribution in [0.5, 0.6) is 0 Å². The zero-order valence-electron chi connectivity index (χ0n) is 64.0. The number of hydrogen-bond acceptors (Lipinski definition) is 3. The number of rotatable bonds is 18. The van der Waals surface area contributed by atoms with Crippen LogP contribution in [0.25, 0.3) is 100 Å². The van der Waals surface area contributed by atoms with E-state index in [9.17, 15) is 14.4 Å². The molecule has 557 valence electrons. The first-order valence-corrected chi connectivity index (χ1v) is 44.6. The summed E-state index contributed by atoms with van der Waals surface area (Å²) in [4.78, 5) is 37.9. The van der Waals surface area contributed by atoms with Crippen molar-refractivity contribution < 1.29 is 38.4 Å². The van der Waals surface area contributed by atoms with Crippen molar-refractivity contribution in [3.8, 4) is 100 Å². The molecule has 3 N–H and O–H groups in total. The van der Waals surface area contributed by atoms with Crippen LogP contribution in [0.15, 0.2) is 491 Å². The van der Waals surface area contributed by atoms with E-state index < -0.39 is 25.0 Å². The van der Waals surface area contributed by atoms with E-state index in [0.29, 0.717) is 0 Å². The molecule has 0 aromatic heterocycles. The summed E-state index contributed by atoms with van der Waals surface area (Å²) in [6, 6.07) is 169. The van der Waals surface area contributed by atoms with Gasteiger partial charge in [-0.1, -0.05) is 491 Å². The predicted octanol–water partition coefficient (Wildman–Crippen LogP) is 19.8. The van der Waals surface area contributed by atoms with Crippen LogP contribution in [0.3, 0.4) is 0 Å². The topological polar surface area (TPSA) is 89.2 Å². The summed E-state index contributed by atoms with van der Waals surface area (Å²) >= 11 is 0. The Hall–Kier alpha value is -13.0. The Bertz CT molecular complexity index is 4850. The van der Waals surface area contributed by atoms with Gasteiger partial charge in [0.2, 0.25) is 0 Å². The Morgan fingerprint density at radius 1 is 0.103 bits per heavy atom. The maximum Gasteiger partial charge on any atom is 2.00 e. The van der Waals surface area contributed by atoms with Crippen LogP contribution >= 0.6 is 0 Å². The summed E-state index contributed by atoms with van der Waals surface area (Å²) in [6.45, 7) is 0. The molecule has 0 aliphatic rings. The molecule has 0 amide bonds. The third-order valence-electron chi connectivity index (χ3n) is 21.7. The molecule has 0 heterocycles. The van der Waals surface area contributed by atoms with Crippen molar-refractivity contribution in [1.82, 2.24) is 0 Å². The van der Waals surface area contributed by atoms with E-state index in [1.165, 1.54) is 50.1 Å². The molecule has 0 fully saturated rings. The molecule has 0 spiro atoms. The van der Waals surface area contributed by atoms with Gasteiger partial charge in [0, 0.05) is 0 Å². The molecule has 116 heavy (non-hydrogen) atoms. The average molecular weight is 1580 g/mol. The third kappa shape index (κ3) is 17.7. The summed E-state index contributed by atoms with van der Waals surface area (Å²) in [5.41, 5.74) is 20.8. The second-order valence-corrected chi connectivity index (χ2v) is 38.1. The van der Waals surface area contributed by atoms with Crippen molar-refractivity contribution in [2.75, 3.05) is 0 Å². The fraction of sp³-hybridized carbons (Fsp3) is 0. The number of hydrogen-bond donors (Lipinski definition) is 3. The van der Waals surface area contributed by atoms with Gasteiger partial charge in [0.25, 0.3) is 25.0 Å². The number of benzene rings is 18. The Kier molecular flexibility index (Phi) is 25.6. The molecule has 18 rings (SSSR count). The van der Waals surface area contributed by atoms with Gasteiger partial charge in [-0.3, -0.25) is 0 Å². The zero-order chi connectivity index (χ0) is 77.4.